The van der Waals surface area contributed by atoms with Crippen LogP contribution >= 0.6 is 0 Å². The molecule has 0 bridgehead atoms. The number of amides is 1. The van der Waals surface area contributed by atoms with Gasteiger partial charge in [-0.1, -0.05) is 18.2 Å². The molecular formula is C22H17N7O2. The highest BCUT2D eigenvalue weighted by Crippen LogP contribution is 2.24. The summed E-state index contributed by atoms with van der Waals surface area (Å²) in [5.74, 6) is 0.346. The molecule has 3 N–H and O–H groups in total. The van der Waals surface area contributed by atoms with Gasteiger partial charge in [-0.2, -0.15) is 5.10 Å². The Labute approximate surface area is 175 Å². The van der Waals surface area contributed by atoms with Gasteiger partial charge in [-0.3, -0.25) is 9.59 Å². The molecule has 152 valence electrons. The van der Waals surface area contributed by atoms with E-state index in [4.69, 9.17) is 0 Å². The van der Waals surface area contributed by atoms with Crippen molar-refractivity contribution >= 4 is 28.4 Å². The number of aromatic nitrogens is 6. The van der Waals surface area contributed by atoms with Gasteiger partial charge in [-0.15, -0.1) is 10.2 Å². The number of imidazole rings is 1. The maximum Gasteiger partial charge on any atom is 0.251 e. The molecule has 0 spiro atoms. The summed E-state index contributed by atoms with van der Waals surface area (Å²) in [4.78, 5) is 31.8. The molecule has 1 aliphatic rings. The maximum absolute atomic E-state index is 13.2. The van der Waals surface area contributed by atoms with Crippen LogP contribution in [0.4, 0.5) is 0 Å². The molecule has 3 heterocycles. The Kier molecular flexibility index (Phi) is 3.76. The highest BCUT2D eigenvalue weighted by atomic mass is 16.1. The molecule has 1 amide bonds. The van der Waals surface area contributed by atoms with Gasteiger partial charge in [0.1, 0.15) is 12.0 Å². The van der Waals surface area contributed by atoms with Crippen molar-refractivity contribution in [2.45, 2.75) is 18.9 Å². The van der Waals surface area contributed by atoms with Crippen LogP contribution in [0, 0.1) is 0 Å². The third-order valence-electron chi connectivity index (χ3n) is 5.48. The molecule has 9 nitrogen and oxygen atoms in total. The van der Waals surface area contributed by atoms with Gasteiger partial charge in [0, 0.05) is 22.7 Å². The average Bonchev–Trinajstić information content (AvgIpc) is 3.20. The molecule has 0 unspecified atom stereocenters. The number of nitrogens with zero attached hydrogens (tertiary/aromatic N) is 4. The minimum atomic E-state index is -0.158. The summed E-state index contributed by atoms with van der Waals surface area (Å²) in [7, 11) is 0. The predicted molar refractivity (Wildman–Crippen MR) is 113 cm³/mol. The van der Waals surface area contributed by atoms with Gasteiger partial charge in [-0.25, -0.2) is 4.52 Å². The first-order valence-corrected chi connectivity index (χ1v) is 9.99. The Morgan fingerprint density at radius 2 is 2.00 bits per heavy atom. The number of benzene rings is 2. The molecule has 2 aromatic carbocycles. The normalized spacial score (nSPS) is 13.7. The monoisotopic (exact) mass is 411 g/mol. The molecule has 0 radical (unpaired) electrons. The average molecular weight is 411 g/mol. The lowest BCUT2D eigenvalue weighted by atomic mass is 10.0. The van der Waals surface area contributed by atoms with Crippen molar-refractivity contribution in [2.24, 2.45) is 0 Å². The molecule has 31 heavy (non-hydrogen) atoms. The molecule has 0 saturated heterocycles. The Morgan fingerprint density at radius 3 is 2.81 bits per heavy atom. The first-order valence-electron chi connectivity index (χ1n) is 9.99. The van der Waals surface area contributed by atoms with Crippen LogP contribution < -0.4 is 5.32 Å². The number of aromatic amines is 2. The van der Waals surface area contributed by atoms with Gasteiger partial charge < -0.3 is 15.3 Å². The zero-order valence-electron chi connectivity index (χ0n) is 16.3. The van der Waals surface area contributed by atoms with E-state index >= 15 is 0 Å². The molecule has 0 aliphatic heterocycles. The van der Waals surface area contributed by atoms with Crippen molar-refractivity contribution in [3.05, 3.63) is 71.7 Å². The van der Waals surface area contributed by atoms with E-state index in [2.05, 4.69) is 30.6 Å². The number of carbonyl (C=O) groups excluding carboxylic acids is 2. The van der Waals surface area contributed by atoms with Gasteiger partial charge in [0.25, 0.3) is 5.91 Å². The fourth-order valence-electron chi connectivity index (χ4n) is 3.71. The summed E-state index contributed by atoms with van der Waals surface area (Å²) in [5.41, 5.74) is 4.45. The summed E-state index contributed by atoms with van der Waals surface area (Å²) in [5, 5.41) is 15.2. The third-order valence-corrected chi connectivity index (χ3v) is 5.48. The highest BCUT2D eigenvalue weighted by molar-refractivity contribution is 6.13. The number of rotatable bonds is 5. The third kappa shape index (κ3) is 2.98. The molecule has 0 atom stereocenters. The Balaban J connectivity index is 1.39. The molecule has 9 heteroatoms. The van der Waals surface area contributed by atoms with Crippen molar-refractivity contribution in [1.82, 2.24) is 35.1 Å². The van der Waals surface area contributed by atoms with Crippen molar-refractivity contribution in [1.29, 1.82) is 0 Å². The van der Waals surface area contributed by atoms with Gasteiger partial charge in [0.15, 0.2) is 11.6 Å². The van der Waals surface area contributed by atoms with E-state index in [1.807, 2.05) is 18.2 Å². The number of H-pyrrole nitrogens is 2. The van der Waals surface area contributed by atoms with E-state index in [0.29, 0.717) is 28.2 Å². The second-order valence-corrected chi connectivity index (χ2v) is 7.67. The van der Waals surface area contributed by atoms with Gasteiger partial charge >= 0.3 is 0 Å². The summed E-state index contributed by atoms with van der Waals surface area (Å²) >= 11 is 0. The number of hydrogen-bond acceptors (Lipinski definition) is 5. The van der Waals surface area contributed by atoms with E-state index in [9.17, 15) is 9.59 Å². The first kappa shape index (κ1) is 17.6. The Hall–Kier alpha value is -4.27. The van der Waals surface area contributed by atoms with Crippen molar-refractivity contribution in [3.63, 3.8) is 0 Å². The lowest BCUT2D eigenvalue weighted by Gasteiger charge is -2.02. The van der Waals surface area contributed by atoms with Crippen LogP contribution in [0.5, 0.6) is 0 Å². The summed E-state index contributed by atoms with van der Waals surface area (Å²) < 4.78 is 1.66. The van der Waals surface area contributed by atoms with Crippen molar-refractivity contribution in [2.75, 3.05) is 0 Å². The predicted octanol–water partition coefficient (Wildman–Crippen LogP) is 2.72. The van der Waals surface area contributed by atoms with Crippen LogP contribution in [0.3, 0.4) is 0 Å². The number of nitrogens with one attached hydrogen (secondary N) is 3. The first-order chi connectivity index (χ1) is 15.2. The van der Waals surface area contributed by atoms with Gasteiger partial charge in [0.05, 0.1) is 22.8 Å². The number of ketones is 1. The van der Waals surface area contributed by atoms with Crippen molar-refractivity contribution < 1.29 is 9.59 Å². The maximum atomic E-state index is 13.2. The van der Waals surface area contributed by atoms with Crippen molar-refractivity contribution in [3.8, 4) is 11.4 Å². The van der Waals surface area contributed by atoms with E-state index in [0.717, 1.165) is 29.4 Å². The summed E-state index contributed by atoms with van der Waals surface area (Å²) in [6, 6.07) is 12.9. The van der Waals surface area contributed by atoms with Crippen LogP contribution in [0.2, 0.25) is 0 Å². The molecule has 1 aliphatic carbocycles. The van der Waals surface area contributed by atoms with E-state index < -0.39 is 0 Å². The Bertz CT molecular complexity index is 1460. The minimum absolute atomic E-state index is 0.0913. The van der Waals surface area contributed by atoms with Crippen LogP contribution in [-0.2, 0) is 0 Å². The molecular weight excluding hydrogens is 394 g/mol. The van der Waals surface area contributed by atoms with Gasteiger partial charge in [-0.05, 0) is 37.1 Å². The smallest absolute Gasteiger partial charge is 0.251 e. The standard InChI is InChI=1S/C22H17N7O2/c30-19(12-2-1-3-13(8-12)20-23-11-24-28-20)16-10-25-29-18-9-14(22(31)26-15-5-6-15)4-7-17(18)27-21(16)29/h1-4,7-11,15,27H,5-6H2,(H,26,31)(H,23,24,28). The molecule has 5 aromatic rings. The van der Waals surface area contributed by atoms with Crippen LogP contribution in [0.25, 0.3) is 28.1 Å². The number of carbonyl (C=O) groups is 2. The highest BCUT2D eigenvalue weighted by Gasteiger charge is 2.24. The fraction of sp³-hybridized carbons (Fsp3) is 0.136. The lowest BCUT2D eigenvalue weighted by Crippen LogP contribution is -2.25. The SMILES string of the molecule is O=C(NC1CC1)c1ccc2[nH]c3c(C(=O)c4cccc(-c5nnc[nH]5)c4)cnn3c2c1. The second kappa shape index (κ2) is 6.63. The van der Waals surface area contributed by atoms with Crippen LogP contribution in [0.15, 0.2) is 55.0 Å². The Morgan fingerprint density at radius 1 is 1.10 bits per heavy atom. The topological polar surface area (TPSA) is 121 Å². The number of hydrogen-bond donors (Lipinski definition) is 3. The summed E-state index contributed by atoms with van der Waals surface area (Å²) in [6.07, 6.45) is 5.11. The summed E-state index contributed by atoms with van der Waals surface area (Å²) in [6.45, 7) is 0. The molecule has 1 fully saturated rings. The van der Waals surface area contributed by atoms with Crippen LogP contribution in [-0.4, -0.2) is 47.5 Å². The van der Waals surface area contributed by atoms with Gasteiger partial charge in [0.2, 0.25) is 0 Å². The molecule has 6 rings (SSSR count). The zero-order chi connectivity index (χ0) is 20.9. The molecule has 3 aromatic heterocycles. The lowest BCUT2D eigenvalue weighted by molar-refractivity contribution is 0.0950. The van der Waals surface area contributed by atoms with E-state index in [1.54, 1.807) is 35.0 Å². The van der Waals surface area contributed by atoms with E-state index in [-0.39, 0.29) is 17.7 Å². The van der Waals surface area contributed by atoms with Crippen LogP contribution in [0.1, 0.15) is 39.1 Å². The molecule has 1 saturated carbocycles. The fourth-order valence-corrected chi connectivity index (χ4v) is 3.71. The largest absolute Gasteiger partial charge is 0.349 e. The zero-order valence-corrected chi connectivity index (χ0v) is 16.3. The quantitative estimate of drug-likeness (QED) is 0.384. The second-order valence-electron chi connectivity index (χ2n) is 7.67. The van der Waals surface area contributed by atoms with E-state index in [1.165, 1.54) is 6.33 Å². The number of fused-ring (bicyclic) bond motifs is 3. The minimum Gasteiger partial charge on any atom is -0.349 e.